The molecule has 1 atom stereocenters. The highest BCUT2D eigenvalue weighted by Gasteiger charge is 2.30. The molecule has 5 heteroatoms. The van der Waals surface area contributed by atoms with Crippen molar-refractivity contribution in [1.82, 2.24) is 9.97 Å². The van der Waals surface area contributed by atoms with E-state index in [0.29, 0.717) is 11.3 Å². The van der Waals surface area contributed by atoms with Crippen molar-refractivity contribution in [2.45, 2.75) is 13.3 Å². The molecule has 0 saturated heterocycles. The lowest BCUT2D eigenvalue weighted by Gasteiger charge is -1.88. The number of amidine groups is 1. The van der Waals surface area contributed by atoms with Crippen LogP contribution in [0.1, 0.15) is 13.3 Å². The van der Waals surface area contributed by atoms with Gasteiger partial charge in [-0.05, 0) is 18.9 Å². The lowest BCUT2D eigenvalue weighted by Crippen LogP contribution is -2.18. The van der Waals surface area contributed by atoms with Gasteiger partial charge >= 0.3 is 0 Å². The third-order valence-corrected chi connectivity index (χ3v) is 2.61. The molecule has 0 radical (unpaired) electrons. The van der Waals surface area contributed by atoms with Gasteiger partial charge in [-0.3, -0.25) is 0 Å². The Kier molecular flexibility index (Phi) is 1.70. The fraction of sp³-hybridized carbons (Fsp3) is 0.400. The van der Waals surface area contributed by atoms with Gasteiger partial charge in [0.25, 0.3) is 0 Å². The first kappa shape index (κ1) is 8.67. The van der Waals surface area contributed by atoms with E-state index in [1.54, 1.807) is 6.20 Å². The van der Waals surface area contributed by atoms with Crippen LogP contribution in [0, 0.1) is 5.92 Å². The van der Waals surface area contributed by atoms with Gasteiger partial charge in [-0.1, -0.05) is 0 Å². The summed E-state index contributed by atoms with van der Waals surface area (Å²) in [5, 5.41) is 9.69. The van der Waals surface area contributed by atoms with Gasteiger partial charge < -0.3 is 5.11 Å². The second-order valence-corrected chi connectivity index (χ2v) is 3.78. The summed E-state index contributed by atoms with van der Waals surface area (Å²) in [6.45, 7) is 2.02. The highest BCUT2D eigenvalue weighted by atomic mass is 16.3. The van der Waals surface area contributed by atoms with Crippen molar-refractivity contribution in [2.75, 3.05) is 6.61 Å². The van der Waals surface area contributed by atoms with Gasteiger partial charge in [0.05, 0.1) is 12.8 Å². The molecule has 1 fully saturated rings. The van der Waals surface area contributed by atoms with Gasteiger partial charge in [-0.2, -0.15) is 0 Å². The Labute approximate surface area is 85.9 Å². The molecule has 0 bridgehead atoms. The fourth-order valence-corrected chi connectivity index (χ4v) is 1.69. The minimum Gasteiger partial charge on any atom is -0.396 e. The first-order chi connectivity index (χ1) is 7.28. The lowest BCUT2D eigenvalue weighted by molar-refractivity contribution is 0.283. The average Bonchev–Trinajstić information content (AvgIpc) is 2.92. The van der Waals surface area contributed by atoms with Crippen LogP contribution >= 0.6 is 0 Å². The zero-order valence-corrected chi connectivity index (χ0v) is 8.30. The normalized spacial score (nSPS) is 25.7. The number of aromatic nitrogens is 2. The minimum atomic E-state index is 0.183. The molecule has 3 rings (SSSR count). The molecular weight excluding hydrogens is 192 g/mol. The Morgan fingerprint density at radius 1 is 1.47 bits per heavy atom. The molecule has 1 aromatic heterocycles. The maximum atomic E-state index is 8.95. The maximum absolute atomic E-state index is 8.95. The van der Waals surface area contributed by atoms with E-state index < -0.39 is 0 Å². The molecule has 0 amide bonds. The van der Waals surface area contributed by atoms with Crippen molar-refractivity contribution in [3.8, 4) is 0 Å². The van der Waals surface area contributed by atoms with E-state index >= 15 is 0 Å². The van der Waals surface area contributed by atoms with Gasteiger partial charge in [-0.25, -0.2) is 20.0 Å². The van der Waals surface area contributed by atoms with E-state index in [4.69, 9.17) is 5.11 Å². The molecule has 0 aromatic carbocycles. The molecule has 15 heavy (non-hydrogen) atoms. The van der Waals surface area contributed by atoms with Crippen LogP contribution in [0.25, 0.3) is 5.57 Å². The monoisotopic (exact) mass is 202 g/mol. The standard InChI is InChI=1S/C10H10N4O/c1-5-12-8-3-11-9(14-10(8)13-5)7-2-6(7)4-15/h3,6,15H,2,4H2,1H3. The zero-order chi connectivity index (χ0) is 10.4. The number of hydrogen-bond donors (Lipinski definition) is 1. The predicted molar refractivity (Wildman–Crippen MR) is 54.2 cm³/mol. The Balaban J connectivity index is 2.14. The van der Waals surface area contributed by atoms with Crippen molar-refractivity contribution in [2.24, 2.45) is 15.9 Å². The van der Waals surface area contributed by atoms with Crippen LogP contribution in [0.2, 0.25) is 0 Å². The first-order valence-electron chi connectivity index (χ1n) is 4.89. The molecule has 0 spiro atoms. The number of rotatable bonds is 1. The summed E-state index contributed by atoms with van der Waals surface area (Å²) in [5.74, 6) is 1.62. The van der Waals surface area contributed by atoms with Crippen LogP contribution in [-0.2, 0) is 0 Å². The third kappa shape index (κ3) is 1.35. The Bertz CT molecular complexity index is 576. The number of aliphatic hydroxyl groups excluding tert-OH is 1. The molecular formula is C10H10N4O. The van der Waals surface area contributed by atoms with Crippen LogP contribution in [0.15, 0.2) is 16.2 Å². The van der Waals surface area contributed by atoms with E-state index in [2.05, 4.69) is 20.0 Å². The quantitative estimate of drug-likeness (QED) is 0.656. The van der Waals surface area contributed by atoms with Crippen molar-refractivity contribution >= 4 is 17.2 Å². The number of nitrogens with zero attached hydrogens (tertiary/aromatic N) is 4. The molecule has 2 heterocycles. The Morgan fingerprint density at radius 3 is 3.07 bits per heavy atom. The summed E-state index contributed by atoms with van der Waals surface area (Å²) in [7, 11) is 0. The van der Waals surface area contributed by atoms with Gasteiger partial charge in [0, 0.05) is 5.92 Å². The molecule has 2 aliphatic rings. The number of aliphatic imine (C=N–C) groups is 1. The zero-order valence-electron chi connectivity index (χ0n) is 8.30. The second-order valence-electron chi connectivity index (χ2n) is 3.78. The van der Waals surface area contributed by atoms with E-state index in [1.165, 1.54) is 0 Å². The van der Waals surface area contributed by atoms with E-state index in [9.17, 15) is 0 Å². The van der Waals surface area contributed by atoms with E-state index in [0.717, 1.165) is 23.2 Å². The summed E-state index contributed by atoms with van der Waals surface area (Å²) < 4.78 is 0. The first-order valence-corrected chi connectivity index (χ1v) is 4.89. The van der Waals surface area contributed by atoms with Gasteiger partial charge in [0.2, 0.25) is 0 Å². The molecule has 5 nitrogen and oxygen atoms in total. The SMILES string of the molecule is CC1=Nc2nc(=C3CC3CO)ncc2=N1. The summed E-state index contributed by atoms with van der Waals surface area (Å²) in [5.41, 5.74) is 1.83. The number of aliphatic hydroxyl groups is 1. The average molecular weight is 202 g/mol. The molecule has 1 aliphatic heterocycles. The van der Waals surface area contributed by atoms with Crippen LogP contribution in [0.3, 0.4) is 0 Å². The summed E-state index contributed by atoms with van der Waals surface area (Å²) in [6, 6.07) is 0. The molecule has 76 valence electrons. The second kappa shape index (κ2) is 2.93. The number of hydrogen-bond acceptors (Lipinski definition) is 5. The smallest absolute Gasteiger partial charge is 0.183 e. The van der Waals surface area contributed by atoms with Crippen molar-refractivity contribution < 1.29 is 5.11 Å². The van der Waals surface area contributed by atoms with Gasteiger partial charge in [-0.15, -0.1) is 0 Å². The maximum Gasteiger partial charge on any atom is 0.183 e. The fourth-order valence-electron chi connectivity index (χ4n) is 1.69. The lowest BCUT2D eigenvalue weighted by atomic mass is 10.4. The summed E-state index contributed by atoms with van der Waals surface area (Å²) in [6.07, 6.45) is 2.59. The van der Waals surface area contributed by atoms with E-state index in [1.807, 2.05) is 6.92 Å². The van der Waals surface area contributed by atoms with Crippen molar-refractivity contribution in [1.29, 1.82) is 0 Å². The minimum absolute atomic E-state index is 0.183. The molecule has 1 N–H and O–H groups in total. The topological polar surface area (TPSA) is 70.7 Å². The summed E-state index contributed by atoms with van der Waals surface area (Å²) >= 11 is 0. The largest absolute Gasteiger partial charge is 0.396 e. The van der Waals surface area contributed by atoms with Crippen LogP contribution < -0.4 is 10.8 Å². The summed E-state index contributed by atoms with van der Waals surface area (Å²) in [4.78, 5) is 16.9. The predicted octanol–water partition coefficient (Wildman–Crippen LogP) is -0.677. The Morgan fingerprint density at radius 2 is 2.33 bits per heavy atom. The highest BCUT2D eigenvalue weighted by molar-refractivity contribution is 5.85. The molecule has 1 unspecified atom stereocenters. The number of fused-ring (bicyclic) bond motifs is 1. The van der Waals surface area contributed by atoms with Crippen LogP contribution in [0.4, 0.5) is 5.82 Å². The van der Waals surface area contributed by atoms with Crippen molar-refractivity contribution in [3.05, 3.63) is 17.0 Å². The Hall–Kier alpha value is -1.62. The van der Waals surface area contributed by atoms with Crippen molar-refractivity contribution in [3.63, 3.8) is 0 Å². The third-order valence-electron chi connectivity index (χ3n) is 2.61. The van der Waals surface area contributed by atoms with Gasteiger partial charge in [0.1, 0.15) is 11.2 Å². The van der Waals surface area contributed by atoms with Crippen LogP contribution in [0.5, 0.6) is 0 Å². The highest BCUT2D eigenvalue weighted by Crippen LogP contribution is 2.36. The molecule has 1 aromatic rings. The van der Waals surface area contributed by atoms with E-state index in [-0.39, 0.29) is 12.5 Å². The van der Waals surface area contributed by atoms with Gasteiger partial charge in [0.15, 0.2) is 11.3 Å². The molecule has 1 aliphatic carbocycles. The molecule has 1 saturated carbocycles. The van der Waals surface area contributed by atoms with Crippen LogP contribution in [-0.4, -0.2) is 27.5 Å².